The van der Waals surface area contributed by atoms with Crippen LogP contribution in [-0.2, 0) is 11.3 Å². The van der Waals surface area contributed by atoms with Crippen molar-refractivity contribution >= 4 is 28.7 Å². The number of amides is 1. The van der Waals surface area contributed by atoms with Crippen LogP contribution < -0.4 is 15.6 Å². The topological polar surface area (TPSA) is 77.6 Å². The summed E-state index contributed by atoms with van der Waals surface area (Å²) in [6, 6.07) is 14.4. The Bertz CT molecular complexity index is 1290. The average Bonchev–Trinajstić information content (AvgIpc) is 3.18. The first kappa shape index (κ1) is 19.7. The van der Waals surface area contributed by atoms with Gasteiger partial charge in [-0.25, -0.2) is 4.52 Å². The smallest absolute Gasteiger partial charge is 0.277 e. The largest absolute Gasteiger partial charge is 0.497 e. The van der Waals surface area contributed by atoms with E-state index in [1.54, 1.807) is 37.7 Å². The first-order valence-corrected chi connectivity index (χ1v) is 9.61. The minimum Gasteiger partial charge on any atom is -0.497 e. The van der Waals surface area contributed by atoms with E-state index < -0.39 is 0 Å². The van der Waals surface area contributed by atoms with Crippen molar-refractivity contribution in [3.63, 3.8) is 0 Å². The quantitative estimate of drug-likeness (QED) is 0.531. The number of anilines is 1. The molecular formula is C22H19ClN4O3. The molecule has 0 aliphatic carbocycles. The van der Waals surface area contributed by atoms with Crippen LogP contribution in [0.15, 0.2) is 65.7 Å². The van der Waals surface area contributed by atoms with Crippen molar-refractivity contribution in [1.29, 1.82) is 0 Å². The van der Waals surface area contributed by atoms with Gasteiger partial charge in [-0.05, 0) is 55.0 Å². The molecule has 152 valence electrons. The Kier molecular flexibility index (Phi) is 5.29. The second-order valence-corrected chi connectivity index (χ2v) is 7.26. The number of rotatable bonds is 5. The Balaban J connectivity index is 1.59. The van der Waals surface area contributed by atoms with Gasteiger partial charge in [-0.15, -0.1) is 0 Å². The third kappa shape index (κ3) is 3.92. The number of fused-ring (bicyclic) bond motifs is 1. The Morgan fingerprint density at radius 2 is 1.90 bits per heavy atom. The zero-order valence-electron chi connectivity index (χ0n) is 16.4. The highest BCUT2D eigenvalue weighted by Gasteiger charge is 2.12. The van der Waals surface area contributed by atoms with Gasteiger partial charge in [0.1, 0.15) is 17.8 Å². The van der Waals surface area contributed by atoms with Crippen LogP contribution >= 0.6 is 11.6 Å². The van der Waals surface area contributed by atoms with E-state index in [1.807, 2.05) is 37.3 Å². The number of halogens is 1. The van der Waals surface area contributed by atoms with Crippen molar-refractivity contribution in [2.75, 3.05) is 12.4 Å². The molecule has 0 fully saturated rings. The Morgan fingerprint density at radius 3 is 2.63 bits per heavy atom. The molecule has 7 nitrogen and oxygen atoms in total. The summed E-state index contributed by atoms with van der Waals surface area (Å²) in [5, 5.41) is 7.78. The minimum atomic E-state index is -0.318. The van der Waals surface area contributed by atoms with Gasteiger partial charge in [0.15, 0.2) is 0 Å². The van der Waals surface area contributed by atoms with Gasteiger partial charge in [0.2, 0.25) is 5.91 Å². The lowest BCUT2D eigenvalue weighted by atomic mass is 10.1. The molecule has 1 N–H and O–H groups in total. The number of hydrogen-bond acceptors (Lipinski definition) is 4. The van der Waals surface area contributed by atoms with E-state index in [1.165, 1.54) is 9.08 Å². The molecule has 1 amide bonds. The number of benzene rings is 2. The SMILES string of the molecule is COc1ccc(-c2cc3c(=O)n(CC(=O)Nc4cc(Cl)ccc4C)ccn3n2)cc1. The van der Waals surface area contributed by atoms with Crippen LogP contribution in [-0.4, -0.2) is 27.2 Å². The molecular weight excluding hydrogens is 404 g/mol. The highest BCUT2D eigenvalue weighted by molar-refractivity contribution is 6.31. The number of ether oxygens (including phenoxy) is 1. The zero-order chi connectivity index (χ0) is 21.3. The molecule has 0 radical (unpaired) electrons. The maximum absolute atomic E-state index is 12.9. The summed E-state index contributed by atoms with van der Waals surface area (Å²) >= 11 is 6.00. The summed E-state index contributed by atoms with van der Waals surface area (Å²) in [5.74, 6) is 0.424. The maximum Gasteiger partial charge on any atom is 0.277 e. The fourth-order valence-corrected chi connectivity index (χ4v) is 3.30. The number of carbonyl (C=O) groups is 1. The van der Waals surface area contributed by atoms with E-state index in [4.69, 9.17) is 16.3 Å². The molecule has 4 aromatic rings. The van der Waals surface area contributed by atoms with Crippen LogP contribution in [0.4, 0.5) is 5.69 Å². The Labute approximate surface area is 177 Å². The van der Waals surface area contributed by atoms with Gasteiger partial charge in [0, 0.05) is 28.7 Å². The third-order valence-electron chi connectivity index (χ3n) is 4.78. The van der Waals surface area contributed by atoms with Crippen LogP contribution in [0, 0.1) is 6.92 Å². The van der Waals surface area contributed by atoms with Crippen LogP contribution in [0.25, 0.3) is 16.8 Å². The molecule has 4 rings (SSSR count). The number of aromatic nitrogens is 3. The number of carbonyl (C=O) groups excluding carboxylic acids is 1. The third-order valence-corrected chi connectivity index (χ3v) is 5.01. The average molecular weight is 423 g/mol. The second kappa shape index (κ2) is 8.04. The number of hydrogen-bond donors (Lipinski definition) is 1. The molecule has 8 heteroatoms. The molecule has 0 saturated carbocycles. The van der Waals surface area contributed by atoms with Crippen molar-refractivity contribution in [3.8, 4) is 17.0 Å². The lowest BCUT2D eigenvalue weighted by Crippen LogP contribution is -2.28. The standard InChI is InChI=1S/C22H19ClN4O3/c1-14-3-6-16(23)11-18(14)24-21(28)13-26-9-10-27-20(22(26)29)12-19(25-27)15-4-7-17(30-2)8-5-15/h3-12H,13H2,1-2H3,(H,24,28). The lowest BCUT2D eigenvalue weighted by molar-refractivity contribution is -0.116. The van der Waals surface area contributed by atoms with Crippen molar-refractivity contribution in [3.05, 3.63) is 81.9 Å². The summed E-state index contributed by atoms with van der Waals surface area (Å²) in [5.41, 5.74) is 3.10. The summed E-state index contributed by atoms with van der Waals surface area (Å²) in [7, 11) is 1.60. The van der Waals surface area contributed by atoms with Gasteiger partial charge in [0.25, 0.3) is 5.56 Å². The summed E-state index contributed by atoms with van der Waals surface area (Å²) in [4.78, 5) is 25.3. The predicted octanol–water partition coefficient (Wildman–Crippen LogP) is 3.77. The van der Waals surface area contributed by atoms with Crippen LogP contribution in [0.3, 0.4) is 0 Å². The number of methoxy groups -OCH3 is 1. The van der Waals surface area contributed by atoms with Gasteiger partial charge >= 0.3 is 0 Å². The van der Waals surface area contributed by atoms with E-state index >= 15 is 0 Å². The van der Waals surface area contributed by atoms with Gasteiger partial charge in [-0.2, -0.15) is 5.10 Å². The van der Waals surface area contributed by atoms with Crippen molar-refractivity contribution in [1.82, 2.24) is 14.2 Å². The minimum absolute atomic E-state index is 0.121. The second-order valence-electron chi connectivity index (χ2n) is 6.83. The fraction of sp³-hybridized carbons (Fsp3) is 0.136. The number of aryl methyl sites for hydroxylation is 1. The molecule has 0 saturated heterocycles. The first-order chi connectivity index (χ1) is 14.4. The lowest BCUT2D eigenvalue weighted by Gasteiger charge is -2.10. The Morgan fingerprint density at radius 1 is 1.13 bits per heavy atom. The van der Waals surface area contributed by atoms with Crippen molar-refractivity contribution in [2.24, 2.45) is 0 Å². The molecule has 30 heavy (non-hydrogen) atoms. The molecule has 0 spiro atoms. The van der Waals surface area contributed by atoms with E-state index in [0.29, 0.717) is 21.9 Å². The molecule has 0 unspecified atom stereocenters. The van der Waals surface area contributed by atoms with Gasteiger partial charge in [-0.3, -0.25) is 9.59 Å². The van der Waals surface area contributed by atoms with Crippen molar-refractivity contribution in [2.45, 2.75) is 13.5 Å². The van der Waals surface area contributed by atoms with E-state index in [-0.39, 0.29) is 18.0 Å². The normalized spacial score (nSPS) is 10.9. The van der Waals surface area contributed by atoms with Gasteiger partial charge in [0.05, 0.1) is 12.8 Å². The summed E-state index contributed by atoms with van der Waals surface area (Å²) in [6.45, 7) is 1.75. The van der Waals surface area contributed by atoms with Crippen molar-refractivity contribution < 1.29 is 9.53 Å². The van der Waals surface area contributed by atoms with Gasteiger partial charge in [-0.1, -0.05) is 17.7 Å². The van der Waals surface area contributed by atoms with E-state index in [2.05, 4.69) is 10.4 Å². The molecule has 0 bridgehead atoms. The van der Waals surface area contributed by atoms with E-state index in [9.17, 15) is 9.59 Å². The summed E-state index contributed by atoms with van der Waals surface area (Å²) in [6.07, 6.45) is 3.20. The predicted molar refractivity (Wildman–Crippen MR) is 116 cm³/mol. The van der Waals surface area contributed by atoms with E-state index in [0.717, 1.165) is 16.9 Å². The Hall–Kier alpha value is -3.58. The molecule has 2 aromatic carbocycles. The van der Waals surface area contributed by atoms with Crippen LogP contribution in [0.1, 0.15) is 5.56 Å². The molecule has 2 heterocycles. The first-order valence-electron chi connectivity index (χ1n) is 9.24. The molecule has 0 aliphatic rings. The molecule has 0 atom stereocenters. The molecule has 0 aliphatic heterocycles. The monoisotopic (exact) mass is 422 g/mol. The highest BCUT2D eigenvalue weighted by atomic mass is 35.5. The number of nitrogens with zero attached hydrogens (tertiary/aromatic N) is 3. The summed E-state index contributed by atoms with van der Waals surface area (Å²) < 4.78 is 8.03. The zero-order valence-corrected chi connectivity index (χ0v) is 17.2. The maximum atomic E-state index is 12.9. The number of nitrogens with one attached hydrogen (secondary N) is 1. The van der Waals surface area contributed by atoms with Crippen LogP contribution in [0.5, 0.6) is 5.75 Å². The fourth-order valence-electron chi connectivity index (χ4n) is 3.13. The van der Waals surface area contributed by atoms with Crippen LogP contribution in [0.2, 0.25) is 5.02 Å². The molecule has 2 aromatic heterocycles. The van der Waals surface area contributed by atoms with Gasteiger partial charge < -0.3 is 14.6 Å². The highest BCUT2D eigenvalue weighted by Crippen LogP contribution is 2.22.